The molecule has 5 heteroatoms. The molecule has 0 spiro atoms. The van der Waals surface area contributed by atoms with E-state index in [1.54, 1.807) is 18.2 Å². The van der Waals surface area contributed by atoms with E-state index in [2.05, 4.69) is 20.9 Å². The Bertz CT molecular complexity index is 723. The summed E-state index contributed by atoms with van der Waals surface area (Å²) >= 11 is 3.18. The molecule has 1 unspecified atom stereocenters. The van der Waals surface area contributed by atoms with E-state index in [-0.39, 0.29) is 12.0 Å². The van der Waals surface area contributed by atoms with Crippen molar-refractivity contribution in [3.63, 3.8) is 0 Å². The normalized spacial score (nSPS) is 12.8. The number of nitrogens with zero attached hydrogens (tertiary/aromatic N) is 1. The fourth-order valence-electron chi connectivity index (χ4n) is 2.05. The van der Waals surface area contributed by atoms with Crippen LogP contribution in [0, 0.1) is 5.82 Å². The molecule has 0 aliphatic carbocycles. The maximum absolute atomic E-state index is 13.8. The molecule has 102 valence electrons. The average molecular weight is 336 g/mol. The first kappa shape index (κ1) is 13.3. The van der Waals surface area contributed by atoms with E-state index in [0.29, 0.717) is 15.9 Å². The summed E-state index contributed by atoms with van der Waals surface area (Å²) in [6, 6.07) is 11.9. The Morgan fingerprint density at radius 3 is 2.80 bits per heavy atom. The molecule has 0 saturated carbocycles. The van der Waals surface area contributed by atoms with Gasteiger partial charge in [0, 0.05) is 10.0 Å². The second-order valence-electron chi connectivity index (χ2n) is 4.46. The number of benzene rings is 2. The molecule has 3 aromatic rings. The molecule has 0 fully saturated rings. The van der Waals surface area contributed by atoms with Crippen LogP contribution in [0.1, 0.15) is 17.6 Å². The lowest BCUT2D eigenvalue weighted by molar-refractivity contribution is 0.165. The predicted molar refractivity (Wildman–Crippen MR) is 76.8 cm³/mol. The SMILES string of the molecule is OC(Cc1nc2ccccc2o1)c1ccc(Br)cc1F. The van der Waals surface area contributed by atoms with Crippen LogP contribution >= 0.6 is 15.9 Å². The van der Waals surface area contributed by atoms with Crippen LogP contribution in [0.25, 0.3) is 11.1 Å². The van der Waals surface area contributed by atoms with Gasteiger partial charge in [-0.3, -0.25) is 0 Å². The smallest absolute Gasteiger partial charge is 0.198 e. The van der Waals surface area contributed by atoms with Crippen molar-refractivity contribution < 1.29 is 13.9 Å². The zero-order valence-corrected chi connectivity index (χ0v) is 12.0. The van der Waals surface area contributed by atoms with Crippen molar-refractivity contribution >= 4 is 27.0 Å². The molecular formula is C15H11BrFNO2. The van der Waals surface area contributed by atoms with E-state index in [1.165, 1.54) is 6.07 Å². The third-order valence-corrected chi connectivity index (χ3v) is 3.52. The van der Waals surface area contributed by atoms with Gasteiger partial charge in [0.15, 0.2) is 11.5 Å². The van der Waals surface area contributed by atoms with Crippen LogP contribution in [0.15, 0.2) is 51.4 Å². The number of hydrogen-bond acceptors (Lipinski definition) is 3. The van der Waals surface area contributed by atoms with E-state index < -0.39 is 11.9 Å². The summed E-state index contributed by atoms with van der Waals surface area (Å²) in [4.78, 5) is 4.27. The third-order valence-electron chi connectivity index (χ3n) is 3.03. The standard InChI is InChI=1S/C15H11BrFNO2/c16-9-5-6-10(11(17)7-9)13(19)8-15-18-12-3-1-2-4-14(12)20-15/h1-7,13,19H,8H2. The van der Waals surface area contributed by atoms with Gasteiger partial charge in [0.25, 0.3) is 0 Å². The summed E-state index contributed by atoms with van der Waals surface area (Å²) in [5.41, 5.74) is 1.62. The number of fused-ring (bicyclic) bond motifs is 1. The van der Waals surface area contributed by atoms with Crippen molar-refractivity contribution in [3.05, 3.63) is 64.2 Å². The predicted octanol–water partition coefficient (Wildman–Crippen LogP) is 4.01. The summed E-state index contributed by atoms with van der Waals surface area (Å²) in [5, 5.41) is 10.1. The van der Waals surface area contributed by atoms with Crippen LogP contribution in [0.4, 0.5) is 4.39 Å². The molecule has 0 bridgehead atoms. The van der Waals surface area contributed by atoms with Gasteiger partial charge in [0.2, 0.25) is 0 Å². The zero-order valence-electron chi connectivity index (χ0n) is 10.4. The van der Waals surface area contributed by atoms with Gasteiger partial charge in [-0.15, -0.1) is 0 Å². The zero-order chi connectivity index (χ0) is 14.1. The van der Waals surface area contributed by atoms with Gasteiger partial charge >= 0.3 is 0 Å². The second-order valence-corrected chi connectivity index (χ2v) is 5.38. The molecule has 1 heterocycles. The van der Waals surface area contributed by atoms with Crippen LogP contribution in [0.3, 0.4) is 0 Å². The fraction of sp³-hybridized carbons (Fsp3) is 0.133. The van der Waals surface area contributed by atoms with Gasteiger partial charge in [-0.05, 0) is 24.3 Å². The highest BCUT2D eigenvalue weighted by atomic mass is 79.9. The molecule has 0 amide bonds. The van der Waals surface area contributed by atoms with E-state index >= 15 is 0 Å². The number of halogens is 2. The number of aliphatic hydroxyl groups is 1. The third kappa shape index (κ3) is 2.59. The summed E-state index contributed by atoms with van der Waals surface area (Å²) in [6.07, 6.45) is -0.857. The lowest BCUT2D eigenvalue weighted by atomic mass is 10.1. The van der Waals surface area contributed by atoms with E-state index in [1.807, 2.05) is 18.2 Å². The highest BCUT2D eigenvalue weighted by molar-refractivity contribution is 9.10. The van der Waals surface area contributed by atoms with E-state index in [9.17, 15) is 9.50 Å². The Balaban J connectivity index is 1.86. The first-order valence-electron chi connectivity index (χ1n) is 6.11. The van der Waals surface area contributed by atoms with Gasteiger partial charge in [-0.25, -0.2) is 9.37 Å². The lowest BCUT2D eigenvalue weighted by Crippen LogP contribution is -2.04. The van der Waals surface area contributed by atoms with Crippen LogP contribution < -0.4 is 0 Å². The van der Waals surface area contributed by atoms with Crippen molar-refractivity contribution in [1.29, 1.82) is 0 Å². The van der Waals surface area contributed by atoms with E-state index in [4.69, 9.17) is 4.42 Å². The molecule has 1 N–H and O–H groups in total. The average Bonchev–Trinajstić information content (AvgIpc) is 2.80. The van der Waals surface area contributed by atoms with Crippen LogP contribution in [0.2, 0.25) is 0 Å². The number of aliphatic hydroxyl groups excluding tert-OH is 1. The topological polar surface area (TPSA) is 46.3 Å². The molecule has 3 rings (SSSR count). The molecule has 3 nitrogen and oxygen atoms in total. The molecule has 0 aliphatic heterocycles. The fourth-order valence-corrected chi connectivity index (χ4v) is 2.39. The number of para-hydroxylation sites is 2. The van der Waals surface area contributed by atoms with Crippen LogP contribution in [0.5, 0.6) is 0 Å². The van der Waals surface area contributed by atoms with Gasteiger partial charge in [-0.2, -0.15) is 0 Å². The first-order chi connectivity index (χ1) is 9.63. The van der Waals surface area contributed by atoms with Crippen molar-refractivity contribution in [2.45, 2.75) is 12.5 Å². The molecule has 1 atom stereocenters. The number of rotatable bonds is 3. The Labute approximate surface area is 123 Å². The van der Waals surface area contributed by atoms with Gasteiger partial charge in [0.05, 0.1) is 12.5 Å². The van der Waals surface area contributed by atoms with Crippen molar-refractivity contribution in [1.82, 2.24) is 4.98 Å². The largest absolute Gasteiger partial charge is 0.441 e. The van der Waals surface area contributed by atoms with Gasteiger partial charge < -0.3 is 9.52 Å². The maximum atomic E-state index is 13.8. The molecular weight excluding hydrogens is 325 g/mol. The minimum absolute atomic E-state index is 0.132. The second kappa shape index (κ2) is 5.34. The van der Waals surface area contributed by atoms with Crippen molar-refractivity contribution in [2.24, 2.45) is 0 Å². The minimum atomic E-state index is -0.990. The summed E-state index contributed by atoms with van der Waals surface area (Å²) in [6.45, 7) is 0. The highest BCUT2D eigenvalue weighted by Crippen LogP contribution is 2.25. The Hall–Kier alpha value is -1.72. The van der Waals surface area contributed by atoms with E-state index in [0.717, 1.165) is 5.52 Å². The van der Waals surface area contributed by atoms with Crippen LogP contribution in [-0.2, 0) is 6.42 Å². The Kier molecular flexibility index (Phi) is 3.54. The summed E-state index contributed by atoms with van der Waals surface area (Å²) in [5.74, 6) is -0.0657. The first-order valence-corrected chi connectivity index (χ1v) is 6.90. The molecule has 20 heavy (non-hydrogen) atoms. The molecule has 0 aliphatic rings. The Morgan fingerprint density at radius 1 is 1.25 bits per heavy atom. The number of hydrogen-bond donors (Lipinski definition) is 1. The highest BCUT2D eigenvalue weighted by Gasteiger charge is 2.17. The van der Waals surface area contributed by atoms with Crippen LogP contribution in [-0.4, -0.2) is 10.1 Å². The Morgan fingerprint density at radius 2 is 2.05 bits per heavy atom. The number of aromatic nitrogens is 1. The maximum Gasteiger partial charge on any atom is 0.198 e. The molecule has 2 aromatic carbocycles. The quantitative estimate of drug-likeness (QED) is 0.786. The van der Waals surface area contributed by atoms with Gasteiger partial charge in [0.1, 0.15) is 11.3 Å². The molecule has 0 saturated heterocycles. The molecule has 0 radical (unpaired) electrons. The minimum Gasteiger partial charge on any atom is -0.441 e. The molecule has 1 aromatic heterocycles. The lowest BCUT2D eigenvalue weighted by Gasteiger charge is -2.09. The van der Waals surface area contributed by atoms with Crippen molar-refractivity contribution in [2.75, 3.05) is 0 Å². The van der Waals surface area contributed by atoms with Crippen molar-refractivity contribution in [3.8, 4) is 0 Å². The van der Waals surface area contributed by atoms with Gasteiger partial charge in [-0.1, -0.05) is 34.1 Å². The summed E-state index contributed by atoms with van der Waals surface area (Å²) < 4.78 is 19.9. The summed E-state index contributed by atoms with van der Waals surface area (Å²) in [7, 11) is 0. The monoisotopic (exact) mass is 335 g/mol. The number of oxazole rings is 1.